The first-order valence-corrected chi connectivity index (χ1v) is 8.84. The van der Waals surface area contributed by atoms with Gasteiger partial charge in [-0.05, 0) is 24.3 Å². The summed E-state index contributed by atoms with van der Waals surface area (Å²) in [6.07, 6.45) is 2.25. The zero-order chi connectivity index (χ0) is 15.9. The van der Waals surface area contributed by atoms with Crippen molar-refractivity contribution < 1.29 is 4.74 Å². The van der Waals surface area contributed by atoms with Crippen molar-refractivity contribution >= 4 is 5.84 Å². The molecule has 1 unspecified atom stereocenters. The number of nitrogens with zero attached hydrogens (tertiary/aromatic N) is 3. The van der Waals surface area contributed by atoms with Gasteiger partial charge in [0.25, 0.3) is 0 Å². The molecule has 0 bridgehead atoms. The van der Waals surface area contributed by atoms with Gasteiger partial charge in [-0.15, -0.1) is 0 Å². The minimum atomic E-state index is 0.171. The Hall–Kier alpha value is -0.870. The van der Waals surface area contributed by atoms with E-state index in [0.717, 1.165) is 39.3 Å². The van der Waals surface area contributed by atoms with Crippen molar-refractivity contribution in [2.24, 2.45) is 10.4 Å². The summed E-state index contributed by atoms with van der Waals surface area (Å²) in [5, 5.41) is 0. The molecule has 22 heavy (non-hydrogen) atoms. The standard InChI is InChI=1S/C18H31N3O/c1-6-15-19-13(2)16(18(3,4)5)17-14(7-8-21(15)17)20-9-11-22-12-10-20/h13-14H,6-12H2,1-5H3/t13-,14?/m0/s1. The number of fused-ring (bicyclic) bond motifs is 1. The average molecular weight is 305 g/mol. The first-order chi connectivity index (χ1) is 10.4. The van der Waals surface area contributed by atoms with E-state index in [1.165, 1.54) is 12.3 Å². The van der Waals surface area contributed by atoms with Crippen molar-refractivity contribution in [2.75, 3.05) is 32.8 Å². The number of aliphatic imine (C=N–C) groups is 1. The van der Waals surface area contributed by atoms with Gasteiger partial charge in [-0.25, -0.2) is 0 Å². The molecule has 2 atom stereocenters. The van der Waals surface area contributed by atoms with E-state index in [9.17, 15) is 0 Å². The molecule has 3 aliphatic rings. The summed E-state index contributed by atoms with van der Waals surface area (Å²) in [5.41, 5.74) is 3.28. The lowest BCUT2D eigenvalue weighted by Crippen LogP contribution is -2.47. The lowest BCUT2D eigenvalue weighted by molar-refractivity contribution is 0.0240. The number of hydrogen-bond acceptors (Lipinski definition) is 4. The second kappa shape index (κ2) is 5.97. The van der Waals surface area contributed by atoms with Gasteiger partial charge in [0, 0.05) is 31.8 Å². The van der Waals surface area contributed by atoms with Crippen LogP contribution in [0.15, 0.2) is 16.3 Å². The molecule has 2 saturated heterocycles. The van der Waals surface area contributed by atoms with Crippen LogP contribution in [0.25, 0.3) is 0 Å². The second-order valence-electron chi connectivity index (χ2n) is 7.73. The molecule has 124 valence electrons. The summed E-state index contributed by atoms with van der Waals surface area (Å²) in [6, 6.07) is 0.862. The predicted octanol–water partition coefficient (Wildman–Crippen LogP) is 2.90. The molecule has 0 aromatic carbocycles. The van der Waals surface area contributed by atoms with Crippen LogP contribution in [0.5, 0.6) is 0 Å². The predicted molar refractivity (Wildman–Crippen MR) is 91.2 cm³/mol. The minimum Gasteiger partial charge on any atom is -0.379 e. The van der Waals surface area contributed by atoms with Gasteiger partial charge < -0.3 is 9.64 Å². The van der Waals surface area contributed by atoms with E-state index in [-0.39, 0.29) is 5.41 Å². The van der Waals surface area contributed by atoms with Crippen LogP contribution in [0.4, 0.5) is 0 Å². The van der Waals surface area contributed by atoms with Crippen molar-refractivity contribution in [2.45, 2.75) is 59.5 Å². The van der Waals surface area contributed by atoms with Gasteiger partial charge in [0.2, 0.25) is 0 Å². The Morgan fingerprint density at radius 2 is 1.86 bits per heavy atom. The molecule has 4 nitrogen and oxygen atoms in total. The molecule has 0 aromatic rings. The SMILES string of the molecule is CCC1=N[C@@H](C)C(C(C)(C)C)=C2C(N3CCOCC3)CCN12. The molecule has 0 saturated carbocycles. The molecule has 3 heterocycles. The van der Waals surface area contributed by atoms with Gasteiger partial charge in [0.05, 0.1) is 25.3 Å². The van der Waals surface area contributed by atoms with E-state index < -0.39 is 0 Å². The molecule has 0 N–H and O–H groups in total. The number of hydrogen-bond donors (Lipinski definition) is 0. The number of morpholine rings is 1. The Kier molecular flexibility index (Phi) is 4.34. The van der Waals surface area contributed by atoms with Crippen LogP contribution in [0, 0.1) is 5.41 Å². The fourth-order valence-corrected chi connectivity index (χ4v) is 4.39. The first-order valence-electron chi connectivity index (χ1n) is 8.84. The van der Waals surface area contributed by atoms with Crippen molar-refractivity contribution in [1.82, 2.24) is 9.80 Å². The highest BCUT2D eigenvalue weighted by Crippen LogP contribution is 2.42. The fraction of sp³-hybridized carbons (Fsp3) is 0.833. The molecule has 4 heteroatoms. The van der Waals surface area contributed by atoms with Gasteiger partial charge in [-0.3, -0.25) is 9.89 Å². The molecule has 0 aliphatic carbocycles. The molecule has 0 spiro atoms. The maximum atomic E-state index is 5.56. The smallest absolute Gasteiger partial charge is 0.104 e. The highest BCUT2D eigenvalue weighted by atomic mass is 16.5. The summed E-state index contributed by atoms with van der Waals surface area (Å²) in [6.45, 7) is 16.5. The maximum Gasteiger partial charge on any atom is 0.104 e. The van der Waals surface area contributed by atoms with Crippen LogP contribution in [0.3, 0.4) is 0 Å². The van der Waals surface area contributed by atoms with Crippen LogP contribution < -0.4 is 0 Å². The van der Waals surface area contributed by atoms with Crippen LogP contribution in [0.2, 0.25) is 0 Å². The average Bonchev–Trinajstić information content (AvgIpc) is 2.90. The van der Waals surface area contributed by atoms with Gasteiger partial charge in [0.1, 0.15) is 5.84 Å². The lowest BCUT2D eigenvalue weighted by Gasteiger charge is -2.41. The molecule has 0 amide bonds. The Morgan fingerprint density at radius 1 is 1.18 bits per heavy atom. The second-order valence-corrected chi connectivity index (χ2v) is 7.73. The first kappa shape index (κ1) is 16.0. The minimum absolute atomic E-state index is 0.171. The molecule has 3 rings (SSSR count). The normalized spacial score (nSPS) is 30.6. The Morgan fingerprint density at radius 3 is 2.45 bits per heavy atom. The van der Waals surface area contributed by atoms with E-state index in [0.29, 0.717) is 12.1 Å². The molecule has 3 aliphatic heterocycles. The van der Waals surface area contributed by atoms with Crippen LogP contribution in [0.1, 0.15) is 47.5 Å². The zero-order valence-electron chi connectivity index (χ0n) is 14.9. The van der Waals surface area contributed by atoms with Crippen molar-refractivity contribution in [3.8, 4) is 0 Å². The van der Waals surface area contributed by atoms with Crippen molar-refractivity contribution in [3.05, 3.63) is 11.3 Å². The van der Waals surface area contributed by atoms with Crippen molar-refractivity contribution in [3.63, 3.8) is 0 Å². The third kappa shape index (κ3) is 2.71. The van der Waals surface area contributed by atoms with Crippen molar-refractivity contribution in [1.29, 1.82) is 0 Å². The molecule has 2 fully saturated rings. The van der Waals surface area contributed by atoms with Gasteiger partial charge in [-0.2, -0.15) is 0 Å². The third-order valence-electron chi connectivity index (χ3n) is 5.19. The van der Waals surface area contributed by atoms with E-state index >= 15 is 0 Å². The Balaban J connectivity index is 2.01. The van der Waals surface area contributed by atoms with E-state index in [4.69, 9.17) is 9.73 Å². The fourth-order valence-electron chi connectivity index (χ4n) is 4.39. The number of ether oxygens (including phenoxy) is 1. The topological polar surface area (TPSA) is 28.1 Å². The Labute approximate surface area is 135 Å². The maximum absolute atomic E-state index is 5.56. The van der Waals surface area contributed by atoms with Gasteiger partial charge in [0.15, 0.2) is 0 Å². The van der Waals surface area contributed by atoms with Crippen LogP contribution in [-0.2, 0) is 4.74 Å². The molecule has 0 aromatic heterocycles. The van der Waals surface area contributed by atoms with E-state index in [2.05, 4.69) is 44.4 Å². The number of rotatable bonds is 2. The quantitative estimate of drug-likeness (QED) is 0.785. The molecule has 0 radical (unpaired) electrons. The summed E-state index contributed by atoms with van der Waals surface area (Å²) in [5.74, 6) is 1.28. The van der Waals surface area contributed by atoms with Gasteiger partial charge >= 0.3 is 0 Å². The molecular weight excluding hydrogens is 274 g/mol. The Bertz CT molecular complexity index is 483. The lowest BCUT2D eigenvalue weighted by atomic mass is 9.79. The summed E-state index contributed by atoms with van der Waals surface area (Å²) >= 11 is 0. The highest BCUT2D eigenvalue weighted by molar-refractivity contribution is 5.86. The molecular formula is C18H31N3O. The third-order valence-corrected chi connectivity index (χ3v) is 5.19. The van der Waals surface area contributed by atoms with E-state index in [1.54, 1.807) is 11.3 Å². The monoisotopic (exact) mass is 305 g/mol. The summed E-state index contributed by atoms with van der Waals surface area (Å²) < 4.78 is 5.56. The zero-order valence-corrected chi connectivity index (χ0v) is 14.9. The number of amidine groups is 1. The summed E-state index contributed by atoms with van der Waals surface area (Å²) in [4.78, 5) is 10.2. The van der Waals surface area contributed by atoms with E-state index in [1.807, 2.05) is 0 Å². The summed E-state index contributed by atoms with van der Waals surface area (Å²) in [7, 11) is 0. The van der Waals surface area contributed by atoms with Crippen LogP contribution in [-0.4, -0.2) is 60.6 Å². The van der Waals surface area contributed by atoms with Gasteiger partial charge in [-0.1, -0.05) is 27.7 Å². The van der Waals surface area contributed by atoms with Crippen LogP contribution >= 0.6 is 0 Å². The largest absolute Gasteiger partial charge is 0.379 e. The highest BCUT2D eigenvalue weighted by Gasteiger charge is 2.42.